The van der Waals surface area contributed by atoms with Gasteiger partial charge in [-0.05, 0) is 13.3 Å². The van der Waals surface area contributed by atoms with Crippen molar-refractivity contribution in [2.75, 3.05) is 13.2 Å². The third-order valence-electron chi connectivity index (χ3n) is 1.82. The lowest BCUT2D eigenvalue weighted by Gasteiger charge is -2.15. The highest BCUT2D eigenvalue weighted by Crippen LogP contribution is 2.05. The Kier molecular flexibility index (Phi) is 6.54. The topological polar surface area (TPSA) is 66.8 Å². The summed E-state index contributed by atoms with van der Waals surface area (Å²) in [6.07, 6.45) is 0.897. The van der Waals surface area contributed by atoms with Gasteiger partial charge in [-0.25, -0.2) is 0 Å². The molecule has 0 rings (SSSR count). The zero-order valence-electron chi connectivity index (χ0n) is 8.19. The molecule has 13 heavy (non-hydrogen) atoms. The predicted octanol–water partition coefficient (Wildman–Crippen LogP) is 0.319. The van der Waals surface area contributed by atoms with Gasteiger partial charge < -0.3 is 14.9 Å². The standard InChI is InChI=1S/C9H18O4/c1-3-4-5-13-9(12)8(6-10)7(2)11/h7-8,10-11H,3-6H2,1-2H3. The molecular formula is C9H18O4. The highest BCUT2D eigenvalue weighted by Gasteiger charge is 2.23. The van der Waals surface area contributed by atoms with E-state index in [1.807, 2.05) is 6.92 Å². The fourth-order valence-electron chi connectivity index (χ4n) is 0.848. The number of esters is 1. The third kappa shape index (κ3) is 4.85. The molecule has 0 aliphatic carbocycles. The van der Waals surface area contributed by atoms with Gasteiger partial charge in [0.2, 0.25) is 0 Å². The maximum absolute atomic E-state index is 11.1. The van der Waals surface area contributed by atoms with E-state index in [1.165, 1.54) is 6.92 Å². The Morgan fingerprint density at radius 1 is 1.54 bits per heavy atom. The van der Waals surface area contributed by atoms with Gasteiger partial charge in [0.05, 0.1) is 19.3 Å². The molecule has 0 aliphatic rings. The fourth-order valence-corrected chi connectivity index (χ4v) is 0.848. The van der Waals surface area contributed by atoms with Crippen LogP contribution in [0.15, 0.2) is 0 Å². The Bertz CT molecular complexity index is 145. The van der Waals surface area contributed by atoms with Crippen LogP contribution >= 0.6 is 0 Å². The molecule has 4 heteroatoms. The van der Waals surface area contributed by atoms with Crippen LogP contribution < -0.4 is 0 Å². The lowest BCUT2D eigenvalue weighted by molar-refractivity contribution is -0.154. The summed E-state index contributed by atoms with van der Waals surface area (Å²) in [5, 5.41) is 17.8. The molecule has 0 aromatic rings. The van der Waals surface area contributed by atoms with Crippen LogP contribution in [0.1, 0.15) is 26.7 Å². The van der Waals surface area contributed by atoms with E-state index in [0.29, 0.717) is 6.61 Å². The quantitative estimate of drug-likeness (QED) is 0.467. The molecule has 0 bridgehead atoms. The van der Waals surface area contributed by atoms with Crippen LogP contribution in [0.4, 0.5) is 0 Å². The number of carbonyl (C=O) groups excluding carboxylic acids is 1. The molecule has 2 N–H and O–H groups in total. The zero-order chi connectivity index (χ0) is 10.3. The monoisotopic (exact) mass is 190 g/mol. The minimum atomic E-state index is -0.862. The minimum Gasteiger partial charge on any atom is -0.465 e. The summed E-state index contributed by atoms with van der Waals surface area (Å²) < 4.78 is 4.84. The predicted molar refractivity (Wildman–Crippen MR) is 48.1 cm³/mol. The van der Waals surface area contributed by atoms with Crippen LogP contribution in [0.2, 0.25) is 0 Å². The molecule has 0 aromatic carbocycles. The number of ether oxygens (including phenoxy) is 1. The highest BCUT2D eigenvalue weighted by molar-refractivity contribution is 5.73. The van der Waals surface area contributed by atoms with Gasteiger partial charge >= 0.3 is 5.97 Å². The first-order valence-corrected chi connectivity index (χ1v) is 4.59. The van der Waals surface area contributed by atoms with E-state index in [9.17, 15) is 4.79 Å². The summed E-state index contributed by atoms with van der Waals surface area (Å²) in [5.41, 5.74) is 0. The Morgan fingerprint density at radius 3 is 2.54 bits per heavy atom. The summed E-state index contributed by atoms with van der Waals surface area (Å²) in [5.74, 6) is -1.33. The van der Waals surface area contributed by atoms with E-state index in [0.717, 1.165) is 12.8 Å². The number of hydrogen-bond acceptors (Lipinski definition) is 4. The van der Waals surface area contributed by atoms with Crippen molar-refractivity contribution in [3.05, 3.63) is 0 Å². The smallest absolute Gasteiger partial charge is 0.313 e. The van der Waals surface area contributed by atoms with Gasteiger partial charge in [0.1, 0.15) is 5.92 Å². The van der Waals surface area contributed by atoms with E-state index in [4.69, 9.17) is 14.9 Å². The van der Waals surface area contributed by atoms with Gasteiger partial charge in [0, 0.05) is 0 Å². The number of unbranched alkanes of at least 4 members (excludes halogenated alkanes) is 1. The minimum absolute atomic E-state index is 0.360. The molecule has 0 heterocycles. The lowest BCUT2D eigenvalue weighted by Crippen LogP contribution is -2.31. The van der Waals surface area contributed by atoms with Gasteiger partial charge in [-0.15, -0.1) is 0 Å². The third-order valence-corrected chi connectivity index (χ3v) is 1.82. The Morgan fingerprint density at radius 2 is 2.15 bits per heavy atom. The molecule has 78 valence electrons. The second-order valence-corrected chi connectivity index (χ2v) is 3.05. The summed E-state index contributed by atoms with van der Waals surface area (Å²) in [6, 6.07) is 0. The van der Waals surface area contributed by atoms with Crippen molar-refractivity contribution >= 4 is 5.97 Å². The first kappa shape index (κ1) is 12.4. The van der Waals surface area contributed by atoms with Crippen LogP contribution in [0.25, 0.3) is 0 Å². The molecule has 0 radical (unpaired) electrons. The average Bonchev–Trinajstić information content (AvgIpc) is 2.05. The first-order chi connectivity index (χ1) is 6.13. The van der Waals surface area contributed by atoms with Crippen molar-refractivity contribution in [1.82, 2.24) is 0 Å². The van der Waals surface area contributed by atoms with E-state index >= 15 is 0 Å². The second-order valence-electron chi connectivity index (χ2n) is 3.05. The molecule has 0 saturated heterocycles. The summed E-state index contributed by atoms with van der Waals surface area (Å²) in [6.45, 7) is 3.44. The van der Waals surface area contributed by atoms with E-state index in [-0.39, 0.29) is 6.61 Å². The molecule has 0 amide bonds. The Hall–Kier alpha value is -0.610. The van der Waals surface area contributed by atoms with Crippen LogP contribution in [0.5, 0.6) is 0 Å². The molecule has 2 atom stereocenters. The summed E-state index contributed by atoms with van der Waals surface area (Å²) in [4.78, 5) is 11.1. The van der Waals surface area contributed by atoms with Crippen molar-refractivity contribution in [1.29, 1.82) is 0 Å². The van der Waals surface area contributed by atoms with E-state index < -0.39 is 18.0 Å². The molecule has 0 aromatic heterocycles. The number of aliphatic hydroxyl groups excluding tert-OH is 2. The van der Waals surface area contributed by atoms with Crippen LogP contribution in [-0.4, -0.2) is 35.5 Å². The number of carbonyl (C=O) groups is 1. The Labute approximate surface area is 78.5 Å². The van der Waals surface area contributed by atoms with Crippen molar-refractivity contribution in [2.45, 2.75) is 32.8 Å². The number of hydrogen-bond donors (Lipinski definition) is 2. The second kappa shape index (κ2) is 6.86. The van der Waals surface area contributed by atoms with E-state index in [2.05, 4.69) is 0 Å². The fraction of sp³-hybridized carbons (Fsp3) is 0.889. The molecule has 0 saturated carbocycles. The van der Waals surface area contributed by atoms with Crippen LogP contribution in [-0.2, 0) is 9.53 Å². The van der Waals surface area contributed by atoms with Crippen molar-refractivity contribution in [2.24, 2.45) is 5.92 Å². The van der Waals surface area contributed by atoms with Gasteiger partial charge in [-0.2, -0.15) is 0 Å². The zero-order valence-corrected chi connectivity index (χ0v) is 8.19. The largest absolute Gasteiger partial charge is 0.465 e. The summed E-state index contributed by atoms with van der Waals surface area (Å²) in [7, 11) is 0. The lowest BCUT2D eigenvalue weighted by atomic mass is 10.1. The summed E-state index contributed by atoms with van der Waals surface area (Å²) >= 11 is 0. The van der Waals surface area contributed by atoms with Crippen LogP contribution in [0.3, 0.4) is 0 Å². The first-order valence-electron chi connectivity index (χ1n) is 4.59. The average molecular weight is 190 g/mol. The molecule has 0 aliphatic heterocycles. The number of aliphatic hydroxyl groups is 2. The maximum Gasteiger partial charge on any atom is 0.313 e. The molecule has 0 spiro atoms. The number of rotatable bonds is 6. The van der Waals surface area contributed by atoms with Crippen molar-refractivity contribution < 1.29 is 19.7 Å². The molecule has 2 unspecified atom stereocenters. The molecule has 4 nitrogen and oxygen atoms in total. The van der Waals surface area contributed by atoms with E-state index in [1.54, 1.807) is 0 Å². The van der Waals surface area contributed by atoms with Crippen LogP contribution in [0, 0.1) is 5.92 Å². The maximum atomic E-state index is 11.1. The highest BCUT2D eigenvalue weighted by atomic mass is 16.5. The van der Waals surface area contributed by atoms with Gasteiger partial charge in [-0.3, -0.25) is 4.79 Å². The molecular weight excluding hydrogens is 172 g/mol. The SMILES string of the molecule is CCCCOC(=O)C(CO)C(C)O. The van der Waals surface area contributed by atoms with Gasteiger partial charge in [-0.1, -0.05) is 13.3 Å². The molecule has 0 fully saturated rings. The van der Waals surface area contributed by atoms with Gasteiger partial charge in [0.15, 0.2) is 0 Å². The van der Waals surface area contributed by atoms with Crippen molar-refractivity contribution in [3.63, 3.8) is 0 Å². The normalized spacial score (nSPS) is 15.1. The Balaban J connectivity index is 3.78. The van der Waals surface area contributed by atoms with Gasteiger partial charge in [0.25, 0.3) is 0 Å². The van der Waals surface area contributed by atoms with Crippen molar-refractivity contribution in [3.8, 4) is 0 Å².